The number of nitrogens with zero attached hydrogens (tertiary/aromatic N) is 2. The van der Waals surface area contributed by atoms with Gasteiger partial charge in [0, 0.05) is 22.2 Å². The number of hydrogen-bond acceptors (Lipinski definition) is 4. The highest BCUT2D eigenvalue weighted by molar-refractivity contribution is 5.99. The van der Waals surface area contributed by atoms with Crippen molar-refractivity contribution in [2.75, 3.05) is 13.1 Å². The lowest BCUT2D eigenvalue weighted by atomic mass is 9.53. The molecule has 0 aromatic carbocycles. The van der Waals surface area contributed by atoms with Crippen molar-refractivity contribution in [3.8, 4) is 0 Å². The number of carboxylic acid groups (broad SMARTS) is 2. The summed E-state index contributed by atoms with van der Waals surface area (Å²) in [6.07, 6.45) is 6.68. The van der Waals surface area contributed by atoms with Crippen LogP contribution in [0.3, 0.4) is 0 Å². The molecule has 204 valence electrons. The van der Waals surface area contributed by atoms with Gasteiger partial charge in [-0.15, -0.1) is 0 Å². The molecule has 0 aliphatic carbocycles. The average molecular weight is 495 g/mol. The Labute approximate surface area is 214 Å². The lowest BCUT2D eigenvalue weighted by molar-refractivity contribution is -0.192. The molecule has 2 aliphatic rings. The van der Waals surface area contributed by atoms with Crippen LogP contribution in [-0.4, -0.2) is 67.2 Å². The molecule has 2 heterocycles. The van der Waals surface area contributed by atoms with Gasteiger partial charge in [0.15, 0.2) is 5.41 Å². The van der Waals surface area contributed by atoms with E-state index in [0.29, 0.717) is 25.7 Å². The van der Waals surface area contributed by atoms with Gasteiger partial charge in [-0.05, 0) is 119 Å². The van der Waals surface area contributed by atoms with Crippen LogP contribution in [0.15, 0.2) is 0 Å². The van der Waals surface area contributed by atoms with E-state index in [4.69, 9.17) is 0 Å². The third kappa shape index (κ3) is 5.58. The Morgan fingerprint density at radius 1 is 0.657 bits per heavy atom. The van der Waals surface area contributed by atoms with Crippen molar-refractivity contribution in [2.24, 2.45) is 17.3 Å². The topological polar surface area (TPSA) is 81.1 Å². The lowest BCUT2D eigenvalue weighted by Gasteiger charge is -2.61. The van der Waals surface area contributed by atoms with E-state index in [1.165, 1.54) is 0 Å². The second-order valence-electron chi connectivity index (χ2n) is 13.9. The molecule has 0 saturated carbocycles. The van der Waals surface area contributed by atoms with Crippen LogP contribution in [0.2, 0.25) is 0 Å². The minimum atomic E-state index is -1.79. The van der Waals surface area contributed by atoms with E-state index in [2.05, 4.69) is 79.0 Å². The molecule has 6 nitrogen and oxygen atoms in total. The van der Waals surface area contributed by atoms with E-state index in [1.807, 2.05) is 0 Å². The van der Waals surface area contributed by atoms with Crippen LogP contribution in [0, 0.1) is 17.3 Å². The molecule has 0 unspecified atom stereocenters. The second-order valence-corrected chi connectivity index (χ2v) is 13.9. The Balaban J connectivity index is 2.57. The Kier molecular flexibility index (Phi) is 8.87. The Bertz CT molecular complexity index is 671. The molecule has 2 fully saturated rings. The van der Waals surface area contributed by atoms with Crippen LogP contribution in [0.4, 0.5) is 0 Å². The summed E-state index contributed by atoms with van der Waals surface area (Å²) in [5, 5.41) is 21.6. The fraction of sp³-hybridized carbons (Fsp3) is 0.931. The fourth-order valence-corrected chi connectivity index (χ4v) is 8.25. The molecule has 0 aromatic heterocycles. The zero-order chi connectivity index (χ0) is 27.0. The van der Waals surface area contributed by atoms with Crippen molar-refractivity contribution >= 4 is 11.9 Å². The summed E-state index contributed by atoms with van der Waals surface area (Å²) in [4.78, 5) is 31.4. The minimum Gasteiger partial charge on any atom is -0.480 e. The third-order valence-corrected chi connectivity index (χ3v) is 9.37. The lowest BCUT2D eigenvalue weighted by Crippen LogP contribution is -2.68. The summed E-state index contributed by atoms with van der Waals surface area (Å²) < 4.78 is 0. The summed E-state index contributed by atoms with van der Waals surface area (Å²) in [7, 11) is 0. The Morgan fingerprint density at radius 3 is 1.11 bits per heavy atom. The molecule has 0 aromatic rings. The molecule has 2 rings (SSSR count). The first-order chi connectivity index (χ1) is 15.9. The van der Waals surface area contributed by atoms with Gasteiger partial charge < -0.3 is 10.2 Å². The zero-order valence-electron chi connectivity index (χ0n) is 24.3. The van der Waals surface area contributed by atoms with E-state index in [0.717, 1.165) is 38.8 Å². The molecule has 0 spiro atoms. The molecule has 2 N–H and O–H groups in total. The number of rotatable bonds is 10. The number of likely N-dealkylation sites (tertiary alicyclic amines) is 2. The van der Waals surface area contributed by atoms with Gasteiger partial charge in [0.2, 0.25) is 0 Å². The molecule has 0 bridgehead atoms. The SMILES string of the molecule is CCCCN1C(C)(C)CC(C(C(=O)O)(C(=O)O)C2CC(C)(C)N(CCCC)C(C)(C)C2)CC1(C)C. The Morgan fingerprint density at radius 2 is 0.914 bits per heavy atom. The minimum absolute atomic E-state index is 0.273. The molecular weight excluding hydrogens is 440 g/mol. The van der Waals surface area contributed by atoms with Gasteiger partial charge in [-0.3, -0.25) is 19.4 Å². The van der Waals surface area contributed by atoms with Gasteiger partial charge in [0.25, 0.3) is 0 Å². The van der Waals surface area contributed by atoms with Crippen molar-refractivity contribution in [3.63, 3.8) is 0 Å². The zero-order valence-corrected chi connectivity index (χ0v) is 24.3. The van der Waals surface area contributed by atoms with Crippen molar-refractivity contribution in [3.05, 3.63) is 0 Å². The number of piperidine rings is 2. The molecule has 2 saturated heterocycles. The van der Waals surface area contributed by atoms with Gasteiger partial charge >= 0.3 is 11.9 Å². The number of hydrogen-bond donors (Lipinski definition) is 2. The third-order valence-electron chi connectivity index (χ3n) is 9.37. The van der Waals surface area contributed by atoms with Crippen LogP contribution in [0.1, 0.15) is 121 Å². The van der Waals surface area contributed by atoms with Crippen LogP contribution in [0.5, 0.6) is 0 Å². The highest BCUT2D eigenvalue weighted by Crippen LogP contribution is 2.56. The highest BCUT2D eigenvalue weighted by Gasteiger charge is 2.65. The van der Waals surface area contributed by atoms with Crippen molar-refractivity contribution in [2.45, 2.75) is 143 Å². The molecule has 35 heavy (non-hydrogen) atoms. The first-order valence-corrected chi connectivity index (χ1v) is 13.9. The number of carboxylic acids is 2. The smallest absolute Gasteiger partial charge is 0.321 e. The maximum Gasteiger partial charge on any atom is 0.321 e. The summed E-state index contributed by atoms with van der Waals surface area (Å²) in [5.41, 5.74) is -2.89. The molecule has 2 aliphatic heterocycles. The Hall–Kier alpha value is -1.14. The maximum atomic E-state index is 13.2. The first kappa shape index (κ1) is 30.1. The van der Waals surface area contributed by atoms with Crippen molar-refractivity contribution < 1.29 is 19.8 Å². The quantitative estimate of drug-likeness (QED) is 0.348. The van der Waals surface area contributed by atoms with E-state index in [-0.39, 0.29) is 22.2 Å². The second kappa shape index (κ2) is 10.3. The summed E-state index contributed by atoms with van der Waals surface area (Å²) in [5.74, 6) is -3.16. The van der Waals surface area contributed by atoms with E-state index >= 15 is 0 Å². The van der Waals surface area contributed by atoms with E-state index < -0.39 is 29.2 Å². The van der Waals surface area contributed by atoms with Gasteiger partial charge in [-0.25, -0.2) is 0 Å². The number of aliphatic carboxylic acids is 2. The standard InChI is InChI=1S/C29H54N2O4/c1-11-13-15-30-25(3,4)17-21(18-26(30,5)6)29(23(32)33,24(34)35)22-19-27(7,8)31(16-14-12-2)28(9,10)20-22/h21-22H,11-20H2,1-10H3,(H,32,33)(H,34,35). The van der Waals surface area contributed by atoms with Crippen molar-refractivity contribution in [1.82, 2.24) is 9.80 Å². The van der Waals surface area contributed by atoms with E-state index in [1.54, 1.807) is 0 Å². The molecule has 0 amide bonds. The van der Waals surface area contributed by atoms with Crippen LogP contribution in [0.25, 0.3) is 0 Å². The maximum absolute atomic E-state index is 13.2. The van der Waals surface area contributed by atoms with Gasteiger partial charge in [0.05, 0.1) is 0 Å². The predicted octanol–water partition coefficient (Wildman–Crippen LogP) is 6.28. The van der Waals surface area contributed by atoms with Crippen LogP contribution >= 0.6 is 0 Å². The monoisotopic (exact) mass is 494 g/mol. The summed E-state index contributed by atoms with van der Waals surface area (Å²) in [6, 6.07) is 0. The highest BCUT2D eigenvalue weighted by atomic mass is 16.4. The number of carbonyl (C=O) groups is 2. The normalized spacial score (nSPS) is 25.4. The van der Waals surface area contributed by atoms with Crippen LogP contribution < -0.4 is 0 Å². The van der Waals surface area contributed by atoms with Gasteiger partial charge in [-0.1, -0.05) is 26.7 Å². The fourth-order valence-electron chi connectivity index (χ4n) is 8.25. The summed E-state index contributed by atoms with van der Waals surface area (Å²) in [6.45, 7) is 23.7. The molecule has 0 radical (unpaired) electrons. The van der Waals surface area contributed by atoms with Gasteiger partial charge in [-0.2, -0.15) is 0 Å². The van der Waals surface area contributed by atoms with Crippen molar-refractivity contribution in [1.29, 1.82) is 0 Å². The summed E-state index contributed by atoms with van der Waals surface area (Å²) >= 11 is 0. The van der Waals surface area contributed by atoms with Crippen LogP contribution in [-0.2, 0) is 9.59 Å². The largest absolute Gasteiger partial charge is 0.480 e. The number of unbranched alkanes of at least 4 members (excludes halogenated alkanes) is 2. The molecular formula is C29H54N2O4. The molecule has 6 heteroatoms. The molecule has 0 atom stereocenters. The van der Waals surface area contributed by atoms with E-state index in [9.17, 15) is 19.8 Å². The average Bonchev–Trinajstić information content (AvgIpc) is 2.64. The van der Waals surface area contributed by atoms with Gasteiger partial charge in [0.1, 0.15) is 0 Å². The first-order valence-electron chi connectivity index (χ1n) is 13.9. The predicted molar refractivity (Wildman–Crippen MR) is 143 cm³/mol.